The molecule has 1 aromatic heterocycles. The second kappa shape index (κ2) is 6.28. The molecule has 0 aliphatic rings. The summed E-state index contributed by atoms with van der Waals surface area (Å²) >= 11 is 0. The molecule has 5 heteroatoms. The van der Waals surface area contributed by atoms with Gasteiger partial charge in [0.25, 0.3) is 0 Å². The standard InChI is InChI=1S/C13H17N3O2/c1-11-14-13(18-15-11)10-16(7-8-17)9-12-5-3-2-4-6-12/h2-6,17H,7-10H2,1H3. The average Bonchev–Trinajstić information content (AvgIpc) is 2.76. The molecule has 0 aliphatic carbocycles. The third-order valence-corrected chi connectivity index (χ3v) is 2.59. The van der Waals surface area contributed by atoms with Crippen LogP contribution >= 0.6 is 0 Å². The fraction of sp³-hybridized carbons (Fsp3) is 0.385. The molecule has 1 heterocycles. The van der Waals surface area contributed by atoms with Gasteiger partial charge < -0.3 is 9.63 Å². The summed E-state index contributed by atoms with van der Waals surface area (Å²) in [5, 5.41) is 12.9. The Balaban J connectivity index is 1.99. The molecular weight excluding hydrogens is 230 g/mol. The SMILES string of the molecule is Cc1noc(CN(CCO)Cc2ccccc2)n1. The highest BCUT2D eigenvalue weighted by Gasteiger charge is 2.10. The molecule has 0 atom stereocenters. The third-order valence-electron chi connectivity index (χ3n) is 2.59. The highest BCUT2D eigenvalue weighted by Crippen LogP contribution is 2.08. The fourth-order valence-electron chi connectivity index (χ4n) is 1.79. The van der Waals surface area contributed by atoms with Crippen molar-refractivity contribution < 1.29 is 9.63 Å². The molecule has 96 valence electrons. The number of rotatable bonds is 6. The average molecular weight is 247 g/mol. The van der Waals surface area contributed by atoms with Crippen LogP contribution in [0.25, 0.3) is 0 Å². The van der Waals surface area contributed by atoms with Gasteiger partial charge in [-0.15, -0.1) is 0 Å². The smallest absolute Gasteiger partial charge is 0.240 e. The summed E-state index contributed by atoms with van der Waals surface area (Å²) in [6.07, 6.45) is 0. The summed E-state index contributed by atoms with van der Waals surface area (Å²) in [4.78, 5) is 6.24. The van der Waals surface area contributed by atoms with E-state index in [2.05, 4.69) is 27.2 Å². The molecule has 0 saturated heterocycles. The van der Waals surface area contributed by atoms with E-state index in [4.69, 9.17) is 9.63 Å². The molecule has 0 bridgehead atoms. The Hall–Kier alpha value is -1.72. The van der Waals surface area contributed by atoms with E-state index < -0.39 is 0 Å². The van der Waals surface area contributed by atoms with Crippen LogP contribution in [-0.4, -0.2) is 33.3 Å². The first kappa shape index (κ1) is 12.7. The van der Waals surface area contributed by atoms with Gasteiger partial charge in [-0.3, -0.25) is 4.90 Å². The van der Waals surface area contributed by atoms with Crippen molar-refractivity contribution in [1.82, 2.24) is 15.0 Å². The van der Waals surface area contributed by atoms with Crippen molar-refractivity contribution in [2.24, 2.45) is 0 Å². The largest absolute Gasteiger partial charge is 0.395 e. The van der Waals surface area contributed by atoms with Crippen LogP contribution in [0.1, 0.15) is 17.3 Å². The van der Waals surface area contributed by atoms with Crippen molar-refractivity contribution in [3.63, 3.8) is 0 Å². The molecular formula is C13H17N3O2. The van der Waals surface area contributed by atoms with E-state index in [9.17, 15) is 0 Å². The molecule has 2 aromatic rings. The Morgan fingerprint density at radius 3 is 2.61 bits per heavy atom. The normalized spacial score (nSPS) is 11.1. The van der Waals surface area contributed by atoms with Crippen LogP contribution in [-0.2, 0) is 13.1 Å². The Kier molecular flexibility index (Phi) is 4.44. The van der Waals surface area contributed by atoms with Gasteiger partial charge in [-0.05, 0) is 12.5 Å². The number of hydrogen-bond acceptors (Lipinski definition) is 5. The van der Waals surface area contributed by atoms with Crippen LogP contribution in [0.4, 0.5) is 0 Å². The first-order valence-corrected chi connectivity index (χ1v) is 5.94. The third kappa shape index (κ3) is 3.65. The lowest BCUT2D eigenvalue weighted by molar-refractivity contribution is 0.167. The molecule has 0 spiro atoms. The van der Waals surface area contributed by atoms with E-state index >= 15 is 0 Å². The number of benzene rings is 1. The van der Waals surface area contributed by atoms with E-state index in [0.717, 1.165) is 6.54 Å². The maximum atomic E-state index is 9.09. The Bertz CT molecular complexity index is 470. The molecule has 0 saturated carbocycles. The maximum Gasteiger partial charge on any atom is 0.240 e. The van der Waals surface area contributed by atoms with Crippen molar-refractivity contribution >= 4 is 0 Å². The summed E-state index contributed by atoms with van der Waals surface area (Å²) < 4.78 is 5.09. The molecule has 1 N–H and O–H groups in total. The molecule has 1 aromatic carbocycles. The zero-order chi connectivity index (χ0) is 12.8. The molecule has 5 nitrogen and oxygen atoms in total. The molecule has 0 radical (unpaired) electrons. The van der Waals surface area contributed by atoms with Crippen LogP contribution in [0.15, 0.2) is 34.9 Å². The molecule has 0 unspecified atom stereocenters. The van der Waals surface area contributed by atoms with Crippen LogP contribution in [0.2, 0.25) is 0 Å². The quantitative estimate of drug-likeness (QED) is 0.835. The van der Waals surface area contributed by atoms with E-state index in [0.29, 0.717) is 24.8 Å². The van der Waals surface area contributed by atoms with E-state index in [1.165, 1.54) is 5.56 Å². The number of aliphatic hydroxyl groups excluding tert-OH is 1. The Morgan fingerprint density at radius 1 is 1.22 bits per heavy atom. The van der Waals surface area contributed by atoms with Crippen LogP contribution in [0.5, 0.6) is 0 Å². The van der Waals surface area contributed by atoms with Gasteiger partial charge >= 0.3 is 0 Å². The summed E-state index contributed by atoms with van der Waals surface area (Å²) in [5.41, 5.74) is 1.20. The zero-order valence-electron chi connectivity index (χ0n) is 10.4. The van der Waals surface area contributed by atoms with E-state index in [-0.39, 0.29) is 6.61 Å². The van der Waals surface area contributed by atoms with Gasteiger partial charge in [-0.1, -0.05) is 35.5 Å². The lowest BCUT2D eigenvalue weighted by Crippen LogP contribution is -2.26. The first-order chi connectivity index (χ1) is 8.78. The fourth-order valence-corrected chi connectivity index (χ4v) is 1.79. The highest BCUT2D eigenvalue weighted by molar-refractivity contribution is 5.14. The molecule has 18 heavy (non-hydrogen) atoms. The topological polar surface area (TPSA) is 62.4 Å². The summed E-state index contributed by atoms with van der Waals surface area (Å²) in [5.74, 6) is 1.21. The Morgan fingerprint density at radius 2 is 2.00 bits per heavy atom. The van der Waals surface area contributed by atoms with E-state index in [1.54, 1.807) is 6.92 Å². The monoisotopic (exact) mass is 247 g/mol. The predicted molar refractivity (Wildman–Crippen MR) is 66.7 cm³/mol. The lowest BCUT2D eigenvalue weighted by Gasteiger charge is -2.19. The number of hydrogen-bond donors (Lipinski definition) is 1. The van der Waals surface area contributed by atoms with E-state index in [1.807, 2.05) is 18.2 Å². The summed E-state index contributed by atoms with van der Waals surface area (Å²) in [7, 11) is 0. The van der Waals surface area contributed by atoms with Crippen molar-refractivity contribution in [3.8, 4) is 0 Å². The van der Waals surface area contributed by atoms with Crippen LogP contribution in [0, 0.1) is 6.92 Å². The van der Waals surface area contributed by atoms with Gasteiger partial charge in [-0.25, -0.2) is 0 Å². The molecule has 0 amide bonds. The van der Waals surface area contributed by atoms with Crippen molar-refractivity contribution in [2.45, 2.75) is 20.0 Å². The number of aromatic nitrogens is 2. The summed E-state index contributed by atoms with van der Waals surface area (Å²) in [6, 6.07) is 10.1. The van der Waals surface area contributed by atoms with Gasteiger partial charge in [0.05, 0.1) is 13.2 Å². The second-order valence-corrected chi connectivity index (χ2v) is 4.16. The molecule has 0 aliphatic heterocycles. The molecule has 0 fully saturated rings. The van der Waals surface area contributed by atoms with Crippen LogP contribution < -0.4 is 0 Å². The number of nitrogens with zero attached hydrogens (tertiary/aromatic N) is 3. The first-order valence-electron chi connectivity index (χ1n) is 5.94. The second-order valence-electron chi connectivity index (χ2n) is 4.16. The minimum absolute atomic E-state index is 0.111. The van der Waals surface area contributed by atoms with Crippen molar-refractivity contribution in [3.05, 3.63) is 47.6 Å². The molecule has 2 rings (SSSR count). The lowest BCUT2D eigenvalue weighted by atomic mass is 10.2. The maximum absolute atomic E-state index is 9.09. The van der Waals surface area contributed by atoms with Gasteiger partial charge in [0.15, 0.2) is 5.82 Å². The number of aliphatic hydroxyl groups is 1. The number of aryl methyl sites for hydroxylation is 1. The Labute approximate surface area is 106 Å². The van der Waals surface area contributed by atoms with Gasteiger partial charge in [0.2, 0.25) is 5.89 Å². The summed E-state index contributed by atoms with van der Waals surface area (Å²) in [6.45, 7) is 3.79. The minimum atomic E-state index is 0.111. The van der Waals surface area contributed by atoms with Gasteiger partial charge in [0.1, 0.15) is 0 Å². The predicted octanol–water partition coefficient (Wildman–Crippen LogP) is 1.37. The van der Waals surface area contributed by atoms with Crippen molar-refractivity contribution in [2.75, 3.05) is 13.2 Å². The highest BCUT2D eigenvalue weighted by atomic mass is 16.5. The van der Waals surface area contributed by atoms with Crippen molar-refractivity contribution in [1.29, 1.82) is 0 Å². The van der Waals surface area contributed by atoms with Gasteiger partial charge in [0, 0.05) is 13.1 Å². The van der Waals surface area contributed by atoms with Crippen LogP contribution in [0.3, 0.4) is 0 Å². The zero-order valence-corrected chi connectivity index (χ0v) is 10.4. The minimum Gasteiger partial charge on any atom is -0.395 e. The van der Waals surface area contributed by atoms with Gasteiger partial charge in [-0.2, -0.15) is 4.98 Å².